The van der Waals surface area contributed by atoms with Gasteiger partial charge in [-0.15, -0.1) is 0 Å². The summed E-state index contributed by atoms with van der Waals surface area (Å²) in [4.78, 5) is 14.6. The molecule has 0 unspecified atom stereocenters. The van der Waals surface area contributed by atoms with E-state index < -0.39 is 0 Å². The molecule has 1 fully saturated rings. The van der Waals surface area contributed by atoms with Crippen LogP contribution in [0.2, 0.25) is 0 Å². The highest BCUT2D eigenvalue weighted by atomic mass is 16.2. The van der Waals surface area contributed by atoms with E-state index >= 15 is 0 Å². The van der Waals surface area contributed by atoms with E-state index in [1.807, 2.05) is 48.1 Å². The number of hydrogen-bond acceptors (Lipinski definition) is 3. The Bertz CT molecular complexity index is 875. The summed E-state index contributed by atoms with van der Waals surface area (Å²) >= 11 is 0. The number of aromatic amines is 1. The number of aromatic nitrogens is 3. The van der Waals surface area contributed by atoms with Gasteiger partial charge in [0.1, 0.15) is 5.69 Å². The van der Waals surface area contributed by atoms with Crippen LogP contribution in [0.5, 0.6) is 0 Å². The third kappa shape index (κ3) is 3.35. The zero-order valence-corrected chi connectivity index (χ0v) is 14.9. The average Bonchev–Trinajstić information content (AvgIpc) is 3.32. The van der Waals surface area contributed by atoms with Gasteiger partial charge in [-0.3, -0.25) is 9.89 Å². The lowest BCUT2D eigenvalue weighted by atomic mass is 10.0. The number of anilines is 1. The molecule has 1 aliphatic rings. The van der Waals surface area contributed by atoms with Gasteiger partial charge in [-0.05, 0) is 30.5 Å². The Morgan fingerprint density at radius 3 is 2.62 bits per heavy atom. The van der Waals surface area contributed by atoms with Crippen LogP contribution in [0.4, 0.5) is 5.82 Å². The lowest BCUT2D eigenvalue weighted by Gasteiger charge is -2.32. The van der Waals surface area contributed by atoms with E-state index in [0.717, 1.165) is 43.0 Å². The van der Waals surface area contributed by atoms with E-state index in [9.17, 15) is 4.79 Å². The topological polar surface area (TPSA) is 66.0 Å². The summed E-state index contributed by atoms with van der Waals surface area (Å²) in [6.45, 7) is 1.77. The van der Waals surface area contributed by atoms with Gasteiger partial charge in [0, 0.05) is 38.4 Å². The van der Waals surface area contributed by atoms with Crippen LogP contribution in [0.3, 0.4) is 0 Å². The van der Waals surface area contributed by atoms with Crippen LogP contribution < -0.4 is 10.2 Å². The number of amides is 1. The first-order chi connectivity index (χ1) is 12.7. The molecule has 6 heteroatoms. The SMILES string of the molecule is Cn1cccc1C(=O)NC1CCN(c2cc(-c3ccccc3)[nH]n2)CC1. The van der Waals surface area contributed by atoms with E-state index in [1.165, 1.54) is 0 Å². The first kappa shape index (κ1) is 16.4. The zero-order valence-electron chi connectivity index (χ0n) is 14.9. The van der Waals surface area contributed by atoms with E-state index in [4.69, 9.17) is 0 Å². The Morgan fingerprint density at radius 1 is 1.15 bits per heavy atom. The first-order valence-corrected chi connectivity index (χ1v) is 8.98. The van der Waals surface area contributed by atoms with Crippen LogP contribution in [-0.2, 0) is 7.05 Å². The monoisotopic (exact) mass is 349 g/mol. The van der Waals surface area contributed by atoms with Gasteiger partial charge >= 0.3 is 0 Å². The third-order valence-electron chi connectivity index (χ3n) is 4.98. The van der Waals surface area contributed by atoms with Crippen molar-refractivity contribution in [3.8, 4) is 11.3 Å². The number of piperidine rings is 1. The Balaban J connectivity index is 1.35. The summed E-state index contributed by atoms with van der Waals surface area (Å²) in [7, 11) is 1.89. The van der Waals surface area contributed by atoms with Crippen molar-refractivity contribution in [2.45, 2.75) is 18.9 Å². The Hall–Kier alpha value is -3.02. The molecule has 3 aromatic rings. The molecule has 3 heterocycles. The number of carbonyl (C=O) groups excluding carboxylic acids is 1. The summed E-state index contributed by atoms with van der Waals surface area (Å²) in [5.74, 6) is 0.971. The molecule has 1 aliphatic heterocycles. The van der Waals surface area contributed by atoms with Crippen LogP contribution in [-0.4, -0.2) is 39.8 Å². The molecule has 1 amide bonds. The van der Waals surface area contributed by atoms with Crippen LogP contribution in [0.15, 0.2) is 54.7 Å². The molecular formula is C20H23N5O. The van der Waals surface area contributed by atoms with Gasteiger partial charge in [-0.25, -0.2) is 0 Å². The number of carbonyl (C=O) groups is 1. The van der Waals surface area contributed by atoms with E-state index in [-0.39, 0.29) is 11.9 Å². The van der Waals surface area contributed by atoms with E-state index in [2.05, 4.69) is 38.6 Å². The lowest BCUT2D eigenvalue weighted by Crippen LogP contribution is -2.45. The summed E-state index contributed by atoms with van der Waals surface area (Å²) in [6, 6.07) is 16.2. The van der Waals surface area contributed by atoms with Crippen molar-refractivity contribution in [2.75, 3.05) is 18.0 Å². The Labute approximate surface area is 152 Å². The molecule has 0 bridgehead atoms. The molecule has 1 aromatic carbocycles. The Kier molecular flexibility index (Phi) is 4.48. The zero-order chi connectivity index (χ0) is 17.9. The minimum absolute atomic E-state index is 0.00193. The van der Waals surface area contributed by atoms with Gasteiger partial charge in [0.2, 0.25) is 0 Å². The van der Waals surface area contributed by atoms with Gasteiger partial charge in [0.15, 0.2) is 5.82 Å². The molecule has 2 aromatic heterocycles. The van der Waals surface area contributed by atoms with Gasteiger partial charge < -0.3 is 14.8 Å². The molecule has 4 rings (SSSR count). The molecule has 0 aliphatic carbocycles. The van der Waals surface area contributed by atoms with Crippen LogP contribution in [0.25, 0.3) is 11.3 Å². The van der Waals surface area contributed by atoms with Gasteiger partial charge in [0.05, 0.1) is 5.69 Å². The molecule has 0 spiro atoms. The highest BCUT2D eigenvalue weighted by Gasteiger charge is 2.23. The Morgan fingerprint density at radius 2 is 1.92 bits per heavy atom. The predicted molar refractivity (Wildman–Crippen MR) is 102 cm³/mol. The summed E-state index contributed by atoms with van der Waals surface area (Å²) in [6.07, 6.45) is 3.73. The highest BCUT2D eigenvalue weighted by Crippen LogP contribution is 2.24. The molecular weight excluding hydrogens is 326 g/mol. The smallest absolute Gasteiger partial charge is 0.268 e. The largest absolute Gasteiger partial charge is 0.355 e. The van der Waals surface area contributed by atoms with E-state index in [1.54, 1.807) is 0 Å². The molecule has 2 N–H and O–H groups in total. The number of H-pyrrole nitrogens is 1. The second-order valence-electron chi connectivity index (χ2n) is 6.74. The van der Waals surface area contributed by atoms with E-state index in [0.29, 0.717) is 5.69 Å². The van der Waals surface area contributed by atoms with Crippen molar-refractivity contribution in [3.63, 3.8) is 0 Å². The molecule has 6 nitrogen and oxygen atoms in total. The maximum atomic E-state index is 12.3. The van der Waals surface area contributed by atoms with Crippen LogP contribution >= 0.6 is 0 Å². The maximum Gasteiger partial charge on any atom is 0.268 e. The quantitative estimate of drug-likeness (QED) is 0.761. The van der Waals surface area contributed by atoms with Crippen LogP contribution in [0, 0.1) is 0 Å². The number of hydrogen-bond donors (Lipinski definition) is 2. The van der Waals surface area contributed by atoms with Crippen molar-refractivity contribution < 1.29 is 4.79 Å². The predicted octanol–water partition coefficient (Wildman–Crippen LogP) is 2.81. The molecule has 26 heavy (non-hydrogen) atoms. The fourth-order valence-electron chi connectivity index (χ4n) is 3.45. The van der Waals surface area contributed by atoms with Gasteiger partial charge in [-0.2, -0.15) is 5.10 Å². The number of rotatable bonds is 4. The molecule has 0 atom stereocenters. The van der Waals surface area contributed by atoms with Crippen molar-refractivity contribution in [2.24, 2.45) is 7.05 Å². The normalized spacial score (nSPS) is 15.2. The van der Waals surface area contributed by atoms with Crippen LogP contribution in [0.1, 0.15) is 23.3 Å². The molecule has 134 valence electrons. The number of nitrogens with one attached hydrogen (secondary N) is 2. The third-order valence-corrected chi connectivity index (χ3v) is 4.98. The first-order valence-electron chi connectivity index (χ1n) is 8.98. The van der Waals surface area contributed by atoms with Gasteiger partial charge in [0.25, 0.3) is 5.91 Å². The van der Waals surface area contributed by atoms with Crippen molar-refractivity contribution >= 4 is 11.7 Å². The minimum Gasteiger partial charge on any atom is -0.355 e. The number of nitrogens with zero attached hydrogens (tertiary/aromatic N) is 3. The number of benzene rings is 1. The number of aryl methyl sites for hydroxylation is 1. The van der Waals surface area contributed by atoms with Gasteiger partial charge in [-0.1, -0.05) is 30.3 Å². The van der Waals surface area contributed by atoms with Crippen molar-refractivity contribution in [1.82, 2.24) is 20.1 Å². The average molecular weight is 349 g/mol. The summed E-state index contributed by atoms with van der Waals surface area (Å²) in [5, 5.41) is 10.7. The lowest BCUT2D eigenvalue weighted by molar-refractivity contribution is 0.0923. The summed E-state index contributed by atoms with van der Waals surface area (Å²) in [5.41, 5.74) is 2.86. The fraction of sp³-hybridized carbons (Fsp3) is 0.300. The van der Waals surface area contributed by atoms with Crippen molar-refractivity contribution in [3.05, 3.63) is 60.4 Å². The second kappa shape index (κ2) is 7.07. The minimum atomic E-state index is 0.00193. The molecule has 1 saturated heterocycles. The summed E-state index contributed by atoms with van der Waals surface area (Å²) < 4.78 is 1.85. The standard InChI is InChI=1S/C20H23N5O/c1-24-11-5-8-18(24)20(26)21-16-9-12-25(13-10-16)19-14-17(22-23-19)15-6-3-2-4-7-15/h2-8,11,14,16H,9-10,12-13H2,1H3,(H,21,26)(H,22,23). The fourth-order valence-corrected chi connectivity index (χ4v) is 3.45. The second-order valence-corrected chi connectivity index (χ2v) is 6.74. The molecule has 0 saturated carbocycles. The highest BCUT2D eigenvalue weighted by molar-refractivity contribution is 5.92. The molecule has 0 radical (unpaired) electrons. The van der Waals surface area contributed by atoms with Crippen molar-refractivity contribution in [1.29, 1.82) is 0 Å². The maximum absolute atomic E-state index is 12.3.